The van der Waals surface area contributed by atoms with E-state index in [0.29, 0.717) is 11.4 Å². The minimum absolute atomic E-state index is 0.0291. The molecule has 0 bridgehead atoms. The van der Waals surface area contributed by atoms with Gasteiger partial charge in [-0.1, -0.05) is 23.7 Å². The summed E-state index contributed by atoms with van der Waals surface area (Å²) < 4.78 is 0. The maximum Gasteiger partial charge on any atom is 0.254 e. The zero-order valence-electron chi connectivity index (χ0n) is 9.87. The van der Waals surface area contributed by atoms with Crippen LogP contribution in [-0.2, 0) is 19.3 Å². The number of benzene rings is 1. The maximum absolute atomic E-state index is 11.9. The van der Waals surface area contributed by atoms with Gasteiger partial charge >= 0.3 is 0 Å². The maximum atomic E-state index is 11.9. The van der Waals surface area contributed by atoms with Gasteiger partial charge in [0, 0.05) is 17.0 Å². The Labute approximate surface area is 110 Å². The molecule has 92 valence electrons. The Kier molecular flexibility index (Phi) is 2.92. The van der Waals surface area contributed by atoms with Crippen LogP contribution in [0.2, 0.25) is 5.02 Å². The molecule has 1 heterocycles. The highest BCUT2D eigenvalue weighted by Gasteiger charge is 2.16. The van der Waals surface area contributed by atoms with E-state index in [1.54, 1.807) is 0 Å². The van der Waals surface area contributed by atoms with Crippen molar-refractivity contribution in [1.82, 2.24) is 9.97 Å². The lowest BCUT2D eigenvalue weighted by molar-refractivity contribution is 0.883. The summed E-state index contributed by atoms with van der Waals surface area (Å²) in [5, 5.41) is 0.717. The van der Waals surface area contributed by atoms with Crippen molar-refractivity contribution in [1.29, 1.82) is 0 Å². The summed E-state index contributed by atoms with van der Waals surface area (Å²) in [6.45, 7) is 0. The third-order valence-electron chi connectivity index (χ3n) is 3.28. The van der Waals surface area contributed by atoms with E-state index in [1.165, 1.54) is 0 Å². The molecule has 18 heavy (non-hydrogen) atoms. The Hall–Kier alpha value is -1.61. The molecule has 1 aliphatic carbocycles. The van der Waals surface area contributed by atoms with Gasteiger partial charge in [-0.05, 0) is 37.0 Å². The molecule has 4 heteroatoms. The Morgan fingerprint density at radius 2 is 2.00 bits per heavy atom. The third kappa shape index (κ3) is 2.18. The van der Waals surface area contributed by atoms with Crippen molar-refractivity contribution in [3.8, 4) is 0 Å². The van der Waals surface area contributed by atoms with Crippen LogP contribution in [0, 0.1) is 0 Å². The van der Waals surface area contributed by atoms with Crippen LogP contribution in [0.3, 0.4) is 0 Å². The molecular weight excluding hydrogens is 248 g/mol. The van der Waals surface area contributed by atoms with Crippen LogP contribution in [0.1, 0.15) is 29.1 Å². The lowest BCUT2D eigenvalue weighted by atomic mass is 10.1. The minimum Gasteiger partial charge on any atom is -0.310 e. The second-order valence-electron chi connectivity index (χ2n) is 4.59. The number of H-pyrrole nitrogens is 1. The highest BCUT2D eigenvalue weighted by atomic mass is 35.5. The van der Waals surface area contributed by atoms with E-state index in [9.17, 15) is 4.79 Å². The molecular formula is C14H13ClN2O. The molecule has 1 aliphatic rings. The van der Waals surface area contributed by atoms with Gasteiger partial charge in [-0.2, -0.15) is 0 Å². The average Bonchev–Trinajstić information content (AvgIpc) is 2.81. The van der Waals surface area contributed by atoms with Gasteiger partial charge in [-0.25, -0.2) is 4.98 Å². The lowest BCUT2D eigenvalue weighted by Gasteiger charge is -2.04. The summed E-state index contributed by atoms with van der Waals surface area (Å²) in [5.74, 6) is 0.739. The van der Waals surface area contributed by atoms with E-state index < -0.39 is 0 Å². The Balaban J connectivity index is 1.92. The SMILES string of the molecule is O=c1[nH]c(Cc2ccc(Cl)cc2)nc2c1CCC2. The van der Waals surface area contributed by atoms with Crippen molar-refractivity contribution in [3.63, 3.8) is 0 Å². The first-order valence-electron chi connectivity index (χ1n) is 6.08. The fraction of sp³-hybridized carbons (Fsp3) is 0.286. The smallest absolute Gasteiger partial charge is 0.254 e. The van der Waals surface area contributed by atoms with Crippen LogP contribution in [0.15, 0.2) is 29.1 Å². The highest BCUT2D eigenvalue weighted by molar-refractivity contribution is 6.30. The second kappa shape index (κ2) is 4.58. The minimum atomic E-state index is 0.0291. The zero-order valence-corrected chi connectivity index (χ0v) is 10.6. The van der Waals surface area contributed by atoms with Gasteiger partial charge in [-0.3, -0.25) is 4.79 Å². The highest BCUT2D eigenvalue weighted by Crippen LogP contribution is 2.17. The molecule has 1 aromatic carbocycles. The van der Waals surface area contributed by atoms with Crippen molar-refractivity contribution in [3.05, 3.63) is 62.3 Å². The van der Waals surface area contributed by atoms with Gasteiger partial charge in [0.05, 0.1) is 5.69 Å². The topological polar surface area (TPSA) is 45.8 Å². The first-order chi connectivity index (χ1) is 8.72. The number of aryl methyl sites for hydroxylation is 1. The number of rotatable bonds is 2. The van der Waals surface area contributed by atoms with Gasteiger partial charge in [0.1, 0.15) is 5.82 Å². The number of hydrogen-bond donors (Lipinski definition) is 1. The summed E-state index contributed by atoms with van der Waals surface area (Å²) in [6.07, 6.45) is 3.46. The number of halogens is 1. The number of aromatic amines is 1. The van der Waals surface area contributed by atoms with Crippen molar-refractivity contribution in [2.75, 3.05) is 0 Å². The predicted octanol–water partition coefficient (Wildman–Crippen LogP) is 2.50. The number of nitrogens with one attached hydrogen (secondary N) is 1. The van der Waals surface area contributed by atoms with Crippen molar-refractivity contribution < 1.29 is 0 Å². The van der Waals surface area contributed by atoms with Crippen LogP contribution < -0.4 is 5.56 Å². The normalized spacial score (nSPS) is 13.6. The number of hydrogen-bond acceptors (Lipinski definition) is 2. The molecule has 1 N–H and O–H groups in total. The predicted molar refractivity (Wildman–Crippen MR) is 71.1 cm³/mol. The zero-order chi connectivity index (χ0) is 12.5. The molecule has 3 rings (SSSR count). The summed E-state index contributed by atoms with van der Waals surface area (Å²) in [5.41, 5.74) is 2.97. The monoisotopic (exact) mass is 260 g/mol. The Bertz CT molecular complexity index is 631. The van der Waals surface area contributed by atoms with Crippen molar-refractivity contribution >= 4 is 11.6 Å². The van der Waals surface area contributed by atoms with Crippen LogP contribution >= 0.6 is 11.6 Å². The second-order valence-corrected chi connectivity index (χ2v) is 5.03. The Morgan fingerprint density at radius 1 is 1.22 bits per heavy atom. The van der Waals surface area contributed by atoms with Crippen molar-refractivity contribution in [2.45, 2.75) is 25.7 Å². The molecule has 0 saturated heterocycles. The van der Waals surface area contributed by atoms with Crippen LogP contribution in [0.4, 0.5) is 0 Å². The number of aromatic nitrogens is 2. The molecule has 0 unspecified atom stereocenters. The van der Waals surface area contributed by atoms with Crippen molar-refractivity contribution in [2.24, 2.45) is 0 Å². The van der Waals surface area contributed by atoms with Gasteiger partial charge in [0.15, 0.2) is 0 Å². The number of fused-ring (bicyclic) bond motifs is 1. The average molecular weight is 261 g/mol. The van der Waals surface area contributed by atoms with E-state index in [0.717, 1.165) is 41.9 Å². The van der Waals surface area contributed by atoms with Crippen LogP contribution in [-0.4, -0.2) is 9.97 Å². The van der Waals surface area contributed by atoms with Crippen LogP contribution in [0.5, 0.6) is 0 Å². The first-order valence-corrected chi connectivity index (χ1v) is 6.45. The van der Waals surface area contributed by atoms with Gasteiger partial charge in [-0.15, -0.1) is 0 Å². The molecule has 0 radical (unpaired) electrons. The third-order valence-corrected chi connectivity index (χ3v) is 3.53. The summed E-state index contributed by atoms with van der Waals surface area (Å²) in [4.78, 5) is 19.3. The Morgan fingerprint density at radius 3 is 2.78 bits per heavy atom. The first kappa shape index (κ1) is 11.5. The molecule has 0 saturated carbocycles. The summed E-state index contributed by atoms with van der Waals surface area (Å²) in [7, 11) is 0. The van der Waals surface area contributed by atoms with E-state index in [-0.39, 0.29) is 5.56 Å². The molecule has 0 fully saturated rings. The van der Waals surface area contributed by atoms with E-state index in [1.807, 2.05) is 24.3 Å². The van der Waals surface area contributed by atoms with E-state index in [2.05, 4.69) is 9.97 Å². The van der Waals surface area contributed by atoms with Gasteiger partial charge in [0.25, 0.3) is 5.56 Å². The van der Waals surface area contributed by atoms with Gasteiger partial charge in [0.2, 0.25) is 0 Å². The van der Waals surface area contributed by atoms with Gasteiger partial charge < -0.3 is 4.98 Å². The molecule has 3 nitrogen and oxygen atoms in total. The summed E-state index contributed by atoms with van der Waals surface area (Å²) >= 11 is 5.84. The molecule has 0 aliphatic heterocycles. The molecule has 2 aromatic rings. The van der Waals surface area contributed by atoms with Crippen LogP contribution in [0.25, 0.3) is 0 Å². The van der Waals surface area contributed by atoms with E-state index >= 15 is 0 Å². The quantitative estimate of drug-likeness (QED) is 0.902. The standard InChI is InChI=1S/C14H13ClN2O/c15-10-6-4-9(5-7-10)8-13-16-12-3-1-2-11(12)14(18)17-13/h4-7H,1-3,8H2,(H,16,17,18). The number of nitrogens with zero attached hydrogens (tertiary/aromatic N) is 1. The van der Waals surface area contributed by atoms with E-state index in [4.69, 9.17) is 11.6 Å². The molecule has 0 amide bonds. The lowest BCUT2D eigenvalue weighted by Crippen LogP contribution is -2.17. The molecule has 0 spiro atoms. The fourth-order valence-electron chi connectivity index (χ4n) is 2.37. The largest absolute Gasteiger partial charge is 0.310 e. The fourth-order valence-corrected chi connectivity index (χ4v) is 2.50. The molecule has 1 aromatic heterocycles. The summed E-state index contributed by atoms with van der Waals surface area (Å²) in [6, 6.07) is 7.61. The molecule has 0 atom stereocenters.